The predicted octanol–water partition coefficient (Wildman–Crippen LogP) is 2.27. The summed E-state index contributed by atoms with van der Waals surface area (Å²) in [5.41, 5.74) is 1.12. The van der Waals surface area contributed by atoms with Crippen LogP contribution < -0.4 is 0 Å². The molecule has 7 heteroatoms. The molecule has 1 aromatic rings. The minimum Gasteiger partial charge on any atom is -0.392 e. The van der Waals surface area contributed by atoms with E-state index in [0.717, 1.165) is 11.5 Å². The minimum atomic E-state index is -3.57. The first-order chi connectivity index (χ1) is 9.37. The molecule has 0 bridgehead atoms. The summed E-state index contributed by atoms with van der Waals surface area (Å²) in [6.07, 6.45) is 0. The van der Waals surface area contributed by atoms with Crippen LogP contribution in [0.1, 0.15) is 18.1 Å². The number of benzene rings is 1. The third-order valence-corrected chi connectivity index (χ3v) is 7.04. The summed E-state index contributed by atoms with van der Waals surface area (Å²) in [5.74, 6) is 1.60. The number of rotatable bonds is 3. The Kier molecular flexibility index (Phi) is 5.02. The number of hydrogen-bond acceptors (Lipinski definition) is 4. The first-order valence-electron chi connectivity index (χ1n) is 6.37. The average molecular weight is 336 g/mol. The van der Waals surface area contributed by atoms with Crippen molar-refractivity contribution in [2.75, 3.05) is 18.1 Å². The second-order valence-electron chi connectivity index (χ2n) is 4.89. The zero-order valence-corrected chi connectivity index (χ0v) is 13.9. The van der Waals surface area contributed by atoms with E-state index in [9.17, 15) is 13.5 Å². The van der Waals surface area contributed by atoms with Crippen molar-refractivity contribution in [3.63, 3.8) is 0 Å². The summed E-state index contributed by atoms with van der Waals surface area (Å²) < 4.78 is 27.2. The third kappa shape index (κ3) is 2.99. The van der Waals surface area contributed by atoms with Crippen molar-refractivity contribution in [2.45, 2.75) is 31.4 Å². The average Bonchev–Trinajstić information content (AvgIpc) is 2.41. The molecule has 1 N–H and O–H groups in total. The lowest BCUT2D eigenvalue weighted by Gasteiger charge is -2.32. The van der Waals surface area contributed by atoms with Gasteiger partial charge in [-0.25, -0.2) is 8.42 Å². The molecular weight excluding hydrogens is 318 g/mol. The van der Waals surface area contributed by atoms with E-state index >= 15 is 0 Å². The largest absolute Gasteiger partial charge is 0.392 e. The monoisotopic (exact) mass is 335 g/mol. The molecule has 1 fully saturated rings. The van der Waals surface area contributed by atoms with Crippen LogP contribution in [0.4, 0.5) is 0 Å². The molecule has 2 rings (SSSR count). The van der Waals surface area contributed by atoms with E-state index in [1.165, 1.54) is 10.4 Å². The number of sulfonamides is 1. The summed E-state index contributed by atoms with van der Waals surface area (Å²) in [6, 6.07) is 3.04. The topological polar surface area (TPSA) is 57.6 Å². The fraction of sp³-hybridized carbons (Fsp3) is 0.538. The SMILES string of the molecule is Cc1c(CO)cc(Cl)cc1S(=O)(=O)N1CCSCC1C. The van der Waals surface area contributed by atoms with Gasteiger partial charge in [0.25, 0.3) is 0 Å². The molecule has 0 saturated carbocycles. The summed E-state index contributed by atoms with van der Waals surface area (Å²) in [4.78, 5) is 0.202. The predicted molar refractivity (Wildman–Crippen MR) is 82.8 cm³/mol. The molecule has 1 saturated heterocycles. The van der Waals surface area contributed by atoms with Crippen LogP contribution in [-0.2, 0) is 16.6 Å². The molecule has 0 amide bonds. The Balaban J connectivity index is 2.51. The lowest BCUT2D eigenvalue weighted by atomic mass is 10.1. The number of thioether (sulfide) groups is 1. The fourth-order valence-electron chi connectivity index (χ4n) is 2.34. The van der Waals surface area contributed by atoms with Crippen LogP contribution in [-0.4, -0.2) is 41.9 Å². The van der Waals surface area contributed by atoms with Gasteiger partial charge in [0.2, 0.25) is 10.0 Å². The van der Waals surface area contributed by atoms with Crippen molar-refractivity contribution < 1.29 is 13.5 Å². The molecule has 1 atom stereocenters. The summed E-state index contributed by atoms with van der Waals surface area (Å²) in [5, 5.41) is 9.66. The molecule has 1 aliphatic rings. The van der Waals surface area contributed by atoms with Gasteiger partial charge in [-0.05, 0) is 37.1 Å². The van der Waals surface area contributed by atoms with Gasteiger partial charge in [0.05, 0.1) is 11.5 Å². The first kappa shape index (κ1) is 16.1. The number of aliphatic hydroxyl groups is 1. The van der Waals surface area contributed by atoms with E-state index in [0.29, 0.717) is 22.7 Å². The van der Waals surface area contributed by atoms with Crippen LogP contribution in [0, 0.1) is 6.92 Å². The van der Waals surface area contributed by atoms with Gasteiger partial charge in [0.1, 0.15) is 0 Å². The Bertz CT molecular complexity index is 604. The lowest BCUT2D eigenvalue weighted by Crippen LogP contribution is -2.44. The number of halogens is 1. The Morgan fingerprint density at radius 1 is 1.50 bits per heavy atom. The maximum Gasteiger partial charge on any atom is 0.243 e. The van der Waals surface area contributed by atoms with E-state index in [1.54, 1.807) is 24.8 Å². The first-order valence-corrected chi connectivity index (χ1v) is 9.34. The quantitative estimate of drug-likeness (QED) is 0.920. The zero-order valence-electron chi connectivity index (χ0n) is 11.5. The van der Waals surface area contributed by atoms with Gasteiger partial charge in [-0.3, -0.25) is 0 Å². The van der Waals surface area contributed by atoms with Gasteiger partial charge in [-0.1, -0.05) is 11.6 Å². The van der Waals surface area contributed by atoms with E-state index in [1.807, 2.05) is 6.92 Å². The Morgan fingerprint density at radius 2 is 2.20 bits per heavy atom. The lowest BCUT2D eigenvalue weighted by molar-refractivity contribution is 0.280. The second kappa shape index (κ2) is 6.23. The zero-order chi connectivity index (χ0) is 14.9. The highest BCUT2D eigenvalue weighted by Crippen LogP contribution is 2.30. The van der Waals surface area contributed by atoms with Crippen LogP contribution in [0.3, 0.4) is 0 Å². The molecule has 1 heterocycles. The van der Waals surface area contributed by atoms with Gasteiger partial charge in [-0.15, -0.1) is 0 Å². The molecule has 1 unspecified atom stereocenters. The Hall–Kier alpha value is -0.270. The fourth-order valence-corrected chi connectivity index (χ4v) is 5.79. The minimum absolute atomic E-state index is 0.0327. The summed E-state index contributed by atoms with van der Waals surface area (Å²) >= 11 is 7.74. The van der Waals surface area contributed by atoms with Crippen LogP contribution in [0.2, 0.25) is 5.02 Å². The van der Waals surface area contributed by atoms with Gasteiger partial charge >= 0.3 is 0 Å². The van der Waals surface area contributed by atoms with Gasteiger partial charge in [0.15, 0.2) is 0 Å². The highest BCUT2D eigenvalue weighted by Gasteiger charge is 2.32. The molecule has 0 aliphatic carbocycles. The van der Waals surface area contributed by atoms with Crippen molar-refractivity contribution >= 4 is 33.4 Å². The molecule has 4 nitrogen and oxygen atoms in total. The maximum atomic E-state index is 12.8. The molecular formula is C13H18ClNO3S2. The second-order valence-corrected chi connectivity index (χ2v) is 8.33. The molecule has 0 aromatic heterocycles. The Labute approximate surface area is 129 Å². The van der Waals surface area contributed by atoms with E-state index in [-0.39, 0.29) is 17.5 Å². The van der Waals surface area contributed by atoms with Crippen molar-refractivity contribution in [1.82, 2.24) is 4.31 Å². The normalized spacial score (nSPS) is 21.1. The summed E-state index contributed by atoms with van der Waals surface area (Å²) in [6.45, 7) is 3.91. The summed E-state index contributed by atoms with van der Waals surface area (Å²) in [7, 11) is -3.57. The third-order valence-electron chi connectivity index (χ3n) is 3.50. The smallest absolute Gasteiger partial charge is 0.243 e. The highest BCUT2D eigenvalue weighted by molar-refractivity contribution is 7.99. The van der Waals surface area contributed by atoms with E-state index < -0.39 is 10.0 Å². The molecule has 112 valence electrons. The van der Waals surface area contributed by atoms with Gasteiger partial charge in [0, 0.05) is 29.1 Å². The van der Waals surface area contributed by atoms with Crippen LogP contribution in [0.15, 0.2) is 17.0 Å². The number of hydrogen-bond donors (Lipinski definition) is 1. The molecule has 20 heavy (non-hydrogen) atoms. The number of nitrogens with zero attached hydrogens (tertiary/aromatic N) is 1. The standard InChI is InChI=1S/C13H18ClNO3S2/c1-9-8-19-4-3-15(9)20(17,18)13-6-12(14)5-11(7-16)10(13)2/h5-6,9,16H,3-4,7-8H2,1-2H3. The molecule has 1 aliphatic heterocycles. The highest BCUT2D eigenvalue weighted by atomic mass is 35.5. The maximum absolute atomic E-state index is 12.8. The number of aliphatic hydroxyl groups excluding tert-OH is 1. The van der Waals surface area contributed by atoms with Crippen molar-refractivity contribution in [1.29, 1.82) is 0 Å². The molecule has 0 spiro atoms. The molecule has 0 radical (unpaired) electrons. The van der Waals surface area contributed by atoms with Crippen LogP contribution in [0.5, 0.6) is 0 Å². The van der Waals surface area contributed by atoms with Crippen molar-refractivity contribution in [2.24, 2.45) is 0 Å². The molecule has 1 aromatic carbocycles. The van der Waals surface area contributed by atoms with Crippen molar-refractivity contribution in [3.8, 4) is 0 Å². The van der Waals surface area contributed by atoms with E-state index in [2.05, 4.69) is 0 Å². The van der Waals surface area contributed by atoms with Gasteiger partial charge in [-0.2, -0.15) is 16.1 Å². The van der Waals surface area contributed by atoms with Crippen LogP contribution >= 0.6 is 23.4 Å². The van der Waals surface area contributed by atoms with E-state index in [4.69, 9.17) is 11.6 Å². The van der Waals surface area contributed by atoms with Crippen LogP contribution in [0.25, 0.3) is 0 Å². The van der Waals surface area contributed by atoms with Gasteiger partial charge < -0.3 is 5.11 Å². The van der Waals surface area contributed by atoms with Crippen molar-refractivity contribution in [3.05, 3.63) is 28.3 Å². The Morgan fingerprint density at radius 3 is 2.80 bits per heavy atom.